The predicted molar refractivity (Wildman–Crippen MR) is 147 cm³/mol. The predicted octanol–water partition coefficient (Wildman–Crippen LogP) is 6.90. The van der Waals surface area contributed by atoms with Gasteiger partial charge in [-0.3, -0.25) is 9.59 Å². The summed E-state index contributed by atoms with van der Waals surface area (Å²) >= 11 is 0. The van der Waals surface area contributed by atoms with Crippen LogP contribution >= 0.6 is 0 Å². The van der Waals surface area contributed by atoms with Crippen molar-refractivity contribution in [2.75, 3.05) is 6.54 Å². The number of nitrogens with zero attached hydrogens (tertiary/aromatic N) is 2. The minimum atomic E-state index is -0.506. The van der Waals surface area contributed by atoms with Crippen molar-refractivity contribution in [2.24, 2.45) is 44.8 Å². The van der Waals surface area contributed by atoms with Crippen LogP contribution in [-0.4, -0.2) is 33.8 Å². The number of hydrogen-bond acceptors (Lipinski definition) is 4. The number of carbonyl (C=O) groups excluding carboxylic acids is 2. The summed E-state index contributed by atoms with van der Waals surface area (Å²) < 4.78 is 0. The van der Waals surface area contributed by atoms with Gasteiger partial charge in [-0.1, -0.05) is 54.0 Å². The highest BCUT2D eigenvalue weighted by Crippen LogP contribution is 2.74. The fraction of sp³-hybridized carbons (Fsp3) is 0.788. The zero-order valence-corrected chi connectivity index (χ0v) is 24.5. The topological polar surface area (TPSA) is 81.4 Å². The van der Waals surface area contributed by atoms with E-state index in [1.54, 1.807) is 0 Å². The van der Waals surface area contributed by atoms with Gasteiger partial charge in [-0.25, -0.2) is 0 Å². The molecule has 0 aromatic heterocycles. The third-order valence-electron chi connectivity index (χ3n) is 13.5. The molecular formula is C33H46N2O3. The van der Waals surface area contributed by atoms with Crippen molar-refractivity contribution in [1.29, 1.82) is 5.26 Å². The first-order chi connectivity index (χ1) is 17.6. The Hall–Kier alpha value is -2.09. The number of fused-ring (bicyclic) bond motifs is 7. The number of amides is 1. The summed E-state index contributed by atoms with van der Waals surface area (Å²) in [5.41, 5.74) is 0.479. The molecule has 0 aromatic rings. The van der Waals surface area contributed by atoms with Gasteiger partial charge in [0.1, 0.15) is 5.76 Å². The molecule has 5 nitrogen and oxygen atoms in total. The standard InChI is InChI=1S/C33H46N2O3/c1-28(2)11-13-33(35-15-9-25(35)37)14-12-32(7)26(21(33)18-28)22(36)16-24-30(5)17-20(19-34)27(38)29(3,4)23(30)8-10-31(24,32)6/h16,21,23,26,38H,8-15,17-18H2,1-7H3/t21-,23-,26-,30-,31+,32+,33-/m0/s1. The van der Waals surface area contributed by atoms with Crippen LogP contribution in [0.15, 0.2) is 23.0 Å². The lowest BCUT2D eigenvalue weighted by molar-refractivity contribution is -0.193. The molecule has 1 aliphatic heterocycles. The van der Waals surface area contributed by atoms with Gasteiger partial charge in [0.15, 0.2) is 5.78 Å². The Morgan fingerprint density at radius 2 is 1.68 bits per heavy atom. The molecule has 6 aliphatic rings. The third-order valence-corrected chi connectivity index (χ3v) is 13.5. The summed E-state index contributed by atoms with van der Waals surface area (Å²) in [4.78, 5) is 29.6. The van der Waals surface area contributed by atoms with Crippen molar-refractivity contribution in [3.8, 4) is 6.07 Å². The summed E-state index contributed by atoms with van der Waals surface area (Å²) in [6, 6.07) is 2.31. The second-order valence-electron chi connectivity index (χ2n) is 15.9. The highest BCUT2D eigenvalue weighted by molar-refractivity contribution is 5.96. The smallest absolute Gasteiger partial charge is 0.224 e. The van der Waals surface area contributed by atoms with Crippen LogP contribution in [-0.2, 0) is 9.59 Å². The van der Waals surface area contributed by atoms with E-state index >= 15 is 0 Å². The number of nitriles is 1. The zero-order chi connectivity index (χ0) is 27.7. The Balaban J connectivity index is 1.50. The van der Waals surface area contributed by atoms with E-state index in [-0.39, 0.29) is 62.4 Å². The van der Waals surface area contributed by atoms with Crippen LogP contribution in [0.3, 0.4) is 0 Å². The molecule has 5 heteroatoms. The summed E-state index contributed by atoms with van der Waals surface area (Å²) in [7, 11) is 0. The first-order valence-electron chi connectivity index (χ1n) is 15.0. The maximum atomic E-state index is 14.5. The summed E-state index contributed by atoms with van der Waals surface area (Å²) in [6.07, 6.45) is 10.2. The van der Waals surface area contributed by atoms with Gasteiger partial charge in [0.2, 0.25) is 5.91 Å². The number of hydrogen-bond donors (Lipinski definition) is 1. The Morgan fingerprint density at radius 1 is 1.00 bits per heavy atom. The maximum absolute atomic E-state index is 14.5. The largest absolute Gasteiger partial charge is 0.511 e. The minimum absolute atomic E-state index is 0.0888. The second-order valence-corrected chi connectivity index (χ2v) is 15.9. The molecule has 1 heterocycles. The van der Waals surface area contributed by atoms with Crippen LogP contribution < -0.4 is 0 Å². The third kappa shape index (κ3) is 2.93. The van der Waals surface area contributed by atoms with Gasteiger partial charge < -0.3 is 10.0 Å². The van der Waals surface area contributed by atoms with Crippen molar-refractivity contribution in [1.82, 2.24) is 4.90 Å². The molecule has 0 spiro atoms. The summed E-state index contributed by atoms with van der Waals surface area (Å²) in [5.74, 6) is 1.03. The highest BCUT2D eigenvalue weighted by atomic mass is 16.3. The van der Waals surface area contributed by atoms with Crippen LogP contribution in [0.2, 0.25) is 0 Å². The molecule has 38 heavy (non-hydrogen) atoms. The fourth-order valence-electron chi connectivity index (χ4n) is 11.2. The van der Waals surface area contributed by atoms with Gasteiger partial charge in [-0.05, 0) is 90.9 Å². The van der Waals surface area contributed by atoms with E-state index in [2.05, 4.69) is 59.4 Å². The molecule has 5 aliphatic carbocycles. The second kappa shape index (κ2) is 7.55. The number of ketones is 1. The van der Waals surface area contributed by atoms with Crippen LogP contribution in [0.1, 0.15) is 106 Å². The molecule has 3 saturated carbocycles. The Labute approximate surface area is 228 Å². The lowest BCUT2D eigenvalue weighted by atomic mass is 9.34. The number of likely N-dealkylation sites (tertiary alicyclic amines) is 1. The Kier molecular flexibility index (Phi) is 5.20. The maximum Gasteiger partial charge on any atom is 0.224 e. The van der Waals surface area contributed by atoms with Gasteiger partial charge in [0, 0.05) is 29.8 Å². The molecule has 1 amide bonds. The van der Waals surface area contributed by atoms with E-state index in [0.29, 0.717) is 18.4 Å². The SMILES string of the molecule is CC1(C)CC[C@]2(N3CCC3=O)CC[C@]3(C)[C@H](C(=O)C=C4[C@@]5(C)CC(C#N)=C(O)C(C)(C)[C@@H]5CC[C@]43C)[C@@H]2C1. The number of rotatable bonds is 1. The Bertz CT molecular complexity index is 1230. The average Bonchev–Trinajstić information content (AvgIpc) is 2.82. The number of β-lactam (4-membered cyclic amide) rings is 1. The van der Waals surface area contributed by atoms with Crippen LogP contribution in [0.25, 0.3) is 0 Å². The first-order valence-corrected chi connectivity index (χ1v) is 15.0. The zero-order valence-electron chi connectivity index (χ0n) is 24.5. The lowest BCUT2D eigenvalue weighted by Crippen LogP contribution is -2.72. The molecule has 206 valence electrons. The minimum Gasteiger partial charge on any atom is -0.511 e. The van der Waals surface area contributed by atoms with Crippen LogP contribution in [0.5, 0.6) is 0 Å². The molecule has 0 unspecified atom stereocenters. The summed E-state index contributed by atoms with van der Waals surface area (Å²) in [5, 5.41) is 21.0. The van der Waals surface area contributed by atoms with E-state index in [4.69, 9.17) is 0 Å². The normalized spacial score (nSPS) is 47.1. The molecule has 6 rings (SSSR count). The molecule has 1 N–H and O–H groups in total. The van der Waals surface area contributed by atoms with Crippen molar-refractivity contribution < 1.29 is 14.7 Å². The number of carbonyl (C=O) groups is 2. The average molecular weight is 519 g/mol. The van der Waals surface area contributed by atoms with E-state index in [0.717, 1.165) is 51.5 Å². The van der Waals surface area contributed by atoms with Gasteiger partial charge >= 0.3 is 0 Å². The summed E-state index contributed by atoms with van der Waals surface area (Å²) in [6.45, 7) is 16.7. The molecule has 4 fully saturated rings. The van der Waals surface area contributed by atoms with E-state index in [1.807, 2.05) is 6.08 Å². The van der Waals surface area contributed by atoms with Crippen molar-refractivity contribution in [3.05, 3.63) is 23.0 Å². The Morgan fingerprint density at radius 3 is 2.29 bits per heavy atom. The van der Waals surface area contributed by atoms with Crippen molar-refractivity contribution >= 4 is 11.7 Å². The van der Waals surface area contributed by atoms with Crippen molar-refractivity contribution in [2.45, 2.75) is 112 Å². The van der Waals surface area contributed by atoms with Crippen LogP contribution in [0, 0.1) is 56.2 Å². The fourth-order valence-corrected chi connectivity index (χ4v) is 11.2. The van der Waals surface area contributed by atoms with E-state index < -0.39 is 5.41 Å². The van der Waals surface area contributed by atoms with Gasteiger partial charge in [0.05, 0.1) is 11.6 Å². The van der Waals surface area contributed by atoms with Crippen molar-refractivity contribution in [3.63, 3.8) is 0 Å². The van der Waals surface area contributed by atoms with Gasteiger partial charge in [-0.2, -0.15) is 5.26 Å². The van der Waals surface area contributed by atoms with Gasteiger partial charge in [0.25, 0.3) is 0 Å². The van der Waals surface area contributed by atoms with Crippen LogP contribution in [0.4, 0.5) is 0 Å². The molecule has 1 saturated heterocycles. The van der Waals surface area contributed by atoms with Gasteiger partial charge in [-0.15, -0.1) is 0 Å². The molecule has 7 atom stereocenters. The quantitative estimate of drug-likeness (QED) is 0.383. The lowest BCUT2D eigenvalue weighted by Gasteiger charge is -2.71. The highest BCUT2D eigenvalue weighted by Gasteiger charge is 2.71. The number of aliphatic hydroxyl groups is 1. The van der Waals surface area contributed by atoms with E-state index in [1.165, 1.54) is 5.57 Å². The number of aliphatic hydroxyl groups excluding tert-OH is 1. The molecular weight excluding hydrogens is 472 g/mol. The molecule has 0 bridgehead atoms. The molecule has 0 radical (unpaired) electrons. The van der Waals surface area contributed by atoms with E-state index in [9.17, 15) is 20.0 Å². The molecule has 0 aromatic carbocycles. The first kappa shape index (κ1) is 26.1. The number of allylic oxidation sites excluding steroid dienone is 4. The monoisotopic (exact) mass is 518 g/mol.